The number of benzene rings is 2. The molecule has 1 aromatic heterocycles. The highest BCUT2D eigenvalue weighted by atomic mass is 16.5. The average molecular weight is 421 g/mol. The topological polar surface area (TPSA) is 77.5 Å². The molecule has 2 aromatic carbocycles. The van der Waals surface area contributed by atoms with E-state index in [9.17, 15) is 9.90 Å². The average Bonchev–Trinajstić information content (AvgIpc) is 3.05. The van der Waals surface area contributed by atoms with Crippen molar-refractivity contribution in [1.29, 1.82) is 0 Å². The molecule has 0 bridgehead atoms. The Bertz CT molecular complexity index is 1040. The van der Waals surface area contributed by atoms with Gasteiger partial charge in [-0.1, -0.05) is 50.1 Å². The van der Waals surface area contributed by atoms with Gasteiger partial charge in [-0.15, -0.1) is 0 Å². The van der Waals surface area contributed by atoms with Crippen LogP contribution in [-0.4, -0.2) is 22.7 Å². The lowest BCUT2D eigenvalue weighted by atomic mass is 9.96. The Balaban J connectivity index is 2.12. The van der Waals surface area contributed by atoms with Crippen LogP contribution in [0.4, 0.5) is 0 Å². The van der Waals surface area contributed by atoms with Crippen LogP contribution in [0, 0.1) is 6.92 Å². The second-order valence-electron chi connectivity index (χ2n) is 7.87. The van der Waals surface area contributed by atoms with Crippen LogP contribution in [-0.2, 0) is 19.4 Å². The molecule has 0 atom stereocenters. The van der Waals surface area contributed by atoms with Gasteiger partial charge in [-0.25, -0.2) is 0 Å². The lowest BCUT2D eigenvalue weighted by Gasteiger charge is -2.15. The Morgan fingerprint density at radius 3 is 2.42 bits per heavy atom. The zero-order chi connectivity index (χ0) is 22.4. The lowest BCUT2D eigenvalue weighted by Crippen LogP contribution is -2.14. The van der Waals surface area contributed by atoms with Crippen LogP contribution in [0.25, 0.3) is 11.1 Å². The summed E-state index contributed by atoms with van der Waals surface area (Å²) in [4.78, 5) is 12.6. The van der Waals surface area contributed by atoms with Crippen LogP contribution in [0.3, 0.4) is 0 Å². The summed E-state index contributed by atoms with van der Waals surface area (Å²) in [5.41, 5.74) is 11.4. The maximum atomic E-state index is 12.6. The number of phenolic OH excluding ortho intramolecular Hbond substituents is 1. The van der Waals surface area contributed by atoms with E-state index >= 15 is 0 Å². The molecule has 31 heavy (non-hydrogen) atoms. The van der Waals surface area contributed by atoms with Gasteiger partial charge in [-0.2, -0.15) is 0 Å². The van der Waals surface area contributed by atoms with E-state index in [4.69, 9.17) is 10.5 Å². The number of aromatic hydroxyl groups is 1. The summed E-state index contributed by atoms with van der Waals surface area (Å²) in [5, 5.41) is 9.56. The van der Waals surface area contributed by atoms with E-state index in [1.54, 1.807) is 19.2 Å². The molecule has 0 fully saturated rings. The van der Waals surface area contributed by atoms with E-state index in [1.165, 1.54) is 0 Å². The van der Waals surface area contributed by atoms with Gasteiger partial charge in [0.2, 0.25) is 0 Å². The molecule has 0 saturated heterocycles. The summed E-state index contributed by atoms with van der Waals surface area (Å²) in [6, 6.07) is 15.1. The van der Waals surface area contributed by atoms with E-state index in [2.05, 4.69) is 11.5 Å². The van der Waals surface area contributed by atoms with Crippen molar-refractivity contribution >= 4 is 5.91 Å². The summed E-state index contributed by atoms with van der Waals surface area (Å²) in [5.74, 6) is 0.576. The first-order valence-electron chi connectivity index (χ1n) is 10.9. The van der Waals surface area contributed by atoms with Crippen LogP contribution in [0.5, 0.6) is 11.5 Å². The van der Waals surface area contributed by atoms with E-state index in [0.29, 0.717) is 5.56 Å². The second kappa shape index (κ2) is 10.2. The highest BCUT2D eigenvalue weighted by Crippen LogP contribution is 2.39. The first-order valence-corrected chi connectivity index (χ1v) is 10.9. The number of aryl methyl sites for hydroxylation is 1. The highest BCUT2D eigenvalue weighted by Gasteiger charge is 2.26. The minimum atomic E-state index is -0.418. The smallest absolute Gasteiger partial charge is 0.251 e. The Morgan fingerprint density at radius 1 is 1.06 bits per heavy atom. The molecule has 0 unspecified atom stereocenters. The molecule has 5 heteroatoms. The SMILES string of the molecule is CCCCCc1c(-c2ccccc2OC)c(C(N)=O)c(C)n1CCc1ccc(O)cc1. The fourth-order valence-electron chi connectivity index (χ4n) is 4.25. The van der Waals surface area contributed by atoms with E-state index in [1.807, 2.05) is 43.3 Å². The Kier molecular flexibility index (Phi) is 7.40. The van der Waals surface area contributed by atoms with Crippen molar-refractivity contribution < 1.29 is 14.6 Å². The number of hydrogen-bond acceptors (Lipinski definition) is 3. The number of unbranched alkanes of at least 4 members (excludes halogenated alkanes) is 2. The third-order valence-electron chi connectivity index (χ3n) is 5.83. The normalized spacial score (nSPS) is 10.9. The number of hydrogen-bond donors (Lipinski definition) is 2. The molecule has 0 aliphatic carbocycles. The minimum absolute atomic E-state index is 0.260. The minimum Gasteiger partial charge on any atom is -0.508 e. The predicted molar refractivity (Wildman–Crippen MR) is 125 cm³/mol. The number of ether oxygens (including phenoxy) is 1. The second-order valence-corrected chi connectivity index (χ2v) is 7.87. The molecule has 3 N–H and O–H groups in total. The van der Waals surface area contributed by atoms with Crippen molar-refractivity contribution in [3.05, 3.63) is 71.0 Å². The van der Waals surface area contributed by atoms with Crippen LogP contribution in [0.15, 0.2) is 48.5 Å². The van der Waals surface area contributed by atoms with E-state index < -0.39 is 5.91 Å². The lowest BCUT2D eigenvalue weighted by molar-refractivity contribution is 0.1000. The third kappa shape index (κ3) is 4.93. The number of para-hydroxylation sites is 1. The quantitative estimate of drug-likeness (QED) is 0.440. The zero-order valence-corrected chi connectivity index (χ0v) is 18.6. The molecule has 1 amide bonds. The molecule has 0 saturated carbocycles. The predicted octanol–water partition coefficient (Wildman–Crippen LogP) is 5.25. The number of nitrogens with two attached hydrogens (primary N) is 1. The molecule has 0 radical (unpaired) electrons. The van der Waals surface area contributed by atoms with Gasteiger partial charge in [0.25, 0.3) is 5.91 Å². The first kappa shape index (κ1) is 22.5. The highest BCUT2D eigenvalue weighted by molar-refractivity contribution is 6.03. The maximum absolute atomic E-state index is 12.6. The van der Waals surface area contributed by atoms with Gasteiger partial charge in [0.1, 0.15) is 11.5 Å². The number of rotatable bonds is 10. The molecule has 0 aliphatic rings. The molecular formula is C26H32N2O3. The van der Waals surface area contributed by atoms with Crippen molar-refractivity contribution in [3.63, 3.8) is 0 Å². The van der Waals surface area contributed by atoms with Crippen molar-refractivity contribution in [1.82, 2.24) is 4.57 Å². The Labute approximate surface area is 184 Å². The molecule has 5 nitrogen and oxygen atoms in total. The monoisotopic (exact) mass is 420 g/mol. The van der Waals surface area contributed by atoms with Crippen molar-refractivity contribution in [2.24, 2.45) is 5.73 Å². The van der Waals surface area contributed by atoms with Gasteiger partial charge in [-0.3, -0.25) is 4.79 Å². The van der Waals surface area contributed by atoms with Crippen LogP contribution >= 0.6 is 0 Å². The van der Waals surface area contributed by atoms with Gasteiger partial charge in [-0.05, 0) is 49.9 Å². The van der Waals surface area contributed by atoms with Crippen molar-refractivity contribution in [3.8, 4) is 22.6 Å². The van der Waals surface area contributed by atoms with Crippen LogP contribution < -0.4 is 10.5 Å². The fraction of sp³-hybridized carbons (Fsp3) is 0.346. The van der Waals surface area contributed by atoms with E-state index in [-0.39, 0.29) is 5.75 Å². The first-order chi connectivity index (χ1) is 15.0. The molecule has 3 rings (SSSR count). The van der Waals surface area contributed by atoms with Gasteiger partial charge in [0.05, 0.1) is 12.7 Å². The van der Waals surface area contributed by atoms with Crippen molar-refractivity contribution in [2.75, 3.05) is 7.11 Å². The molecular weight excluding hydrogens is 388 g/mol. The van der Waals surface area contributed by atoms with Crippen molar-refractivity contribution in [2.45, 2.75) is 52.5 Å². The molecule has 1 heterocycles. The number of aromatic nitrogens is 1. The third-order valence-corrected chi connectivity index (χ3v) is 5.83. The Morgan fingerprint density at radius 2 is 1.77 bits per heavy atom. The van der Waals surface area contributed by atoms with Gasteiger partial charge >= 0.3 is 0 Å². The fourth-order valence-corrected chi connectivity index (χ4v) is 4.25. The van der Waals surface area contributed by atoms with E-state index in [0.717, 1.165) is 72.5 Å². The zero-order valence-electron chi connectivity index (χ0n) is 18.6. The number of amides is 1. The number of carbonyl (C=O) groups is 1. The molecule has 3 aromatic rings. The summed E-state index contributed by atoms with van der Waals surface area (Å²) >= 11 is 0. The van der Waals surface area contributed by atoms with Crippen LogP contribution in [0.1, 0.15) is 53.5 Å². The van der Waals surface area contributed by atoms with Crippen LogP contribution in [0.2, 0.25) is 0 Å². The molecule has 0 aliphatic heterocycles. The summed E-state index contributed by atoms with van der Waals surface area (Å²) in [7, 11) is 1.65. The summed E-state index contributed by atoms with van der Waals surface area (Å²) in [6.45, 7) is 4.89. The number of carbonyl (C=O) groups excluding carboxylic acids is 1. The molecule has 0 spiro atoms. The van der Waals surface area contributed by atoms with Gasteiger partial charge in [0, 0.05) is 29.1 Å². The number of nitrogens with zero attached hydrogens (tertiary/aromatic N) is 1. The summed E-state index contributed by atoms with van der Waals surface area (Å²) < 4.78 is 7.86. The standard InChI is InChI=1S/C26H32N2O3/c1-4-5-6-10-22-25(21-9-7-8-11-23(21)31-3)24(26(27)30)18(2)28(22)17-16-19-12-14-20(29)15-13-19/h7-9,11-15,29H,4-6,10,16-17H2,1-3H3,(H2,27,30). The maximum Gasteiger partial charge on any atom is 0.251 e. The largest absolute Gasteiger partial charge is 0.508 e. The van der Waals surface area contributed by atoms with Gasteiger partial charge < -0.3 is 20.1 Å². The number of methoxy groups -OCH3 is 1. The Hall–Kier alpha value is -3.21. The number of primary amides is 1. The van der Waals surface area contributed by atoms with Gasteiger partial charge in [0.15, 0.2) is 0 Å². The number of phenols is 1. The molecule has 164 valence electrons. The summed E-state index contributed by atoms with van der Waals surface area (Å²) in [6.07, 6.45) is 4.95.